The highest BCUT2D eigenvalue weighted by Crippen LogP contribution is 1.96. The summed E-state index contributed by atoms with van der Waals surface area (Å²) in [6.45, 7) is 10.1. The summed E-state index contributed by atoms with van der Waals surface area (Å²) < 4.78 is 5.37. The zero-order valence-electron chi connectivity index (χ0n) is 9.55. The molecule has 0 aliphatic carbocycles. The Balaban J connectivity index is 0. The highest BCUT2D eigenvalue weighted by molar-refractivity contribution is 4.52. The summed E-state index contributed by atoms with van der Waals surface area (Å²) in [6, 6.07) is 0. The molecule has 2 heteroatoms. The topological polar surface area (TPSA) is 12.5 Å². The van der Waals surface area contributed by atoms with Gasteiger partial charge in [-0.15, -0.1) is 0 Å². The molecule has 12 heavy (non-hydrogen) atoms. The average molecular weight is 175 g/mol. The molecular formula is C10H25NO. The Kier molecular flexibility index (Phi) is 13.1. The van der Waals surface area contributed by atoms with Crippen molar-refractivity contribution in [2.75, 3.05) is 27.2 Å². The van der Waals surface area contributed by atoms with Crippen LogP contribution in [0.2, 0.25) is 0 Å². The Morgan fingerprint density at radius 1 is 1.25 bits per heavy atom. The second-order valence-corrected chi connectivity index (χ2v) is 2.86. The Bertz CT molecular complexity index is 74.2. The van der Waals surface area contributed by atoms with Crippen LogP contribution in [0.25, 0.3) is 0 Å². The normalized spacial score (nSPS) is 12.2. The van der Waals surface area contributed by atoms with Crippen molar-refractivity contribution in [2.24, 2.45) is 0 Å². The van der Waals surface area contributed by atoms with Crippen LogP contribution >= 0.6 is 0 Å². The van der Waals surface area contributed by atoms with E-state index in [1.54, 1.807) is 0 Å². The van der Waals surface area contributed by atoms with Gasteiger partial charge < -0.3 is 9.64 Å². The third-order valence-electron chi connectivity index (χ3n) is 1.43. The van der Waals surface area contributed by atoms with Crippen molar-refractivity contribution in [2.45, 2.75) is 40.2 Å². The van der Waals surface area contributed by atoms with Crippen molar-refractivity contribution < 1.29 is 4.74 Å². The number of rotatable bonds is 5. The van der Waals surface area contributed by atoms with Crippen LogP contribution in [-0.4, -0.2) is 38.3 Å². The molecule has 0 bridgehead atoms. The lowest BCUT2D eigenvalue weighted by Gasteiger charge is -2.14. The van der Waals surface area contributed by atoms with E-state index in [0.717, 1.165) is 19.6 Å². The first-order valence-corrected chi connectivity index (χ1v) is 4.93. The highest BCUT2D eigenvalue weighted by atomic mass is 16.5. The summed E-state index contributed by atoms with van der Waals surface area (Å²) in [5.74, 6) is 0. The van der Waals surface area contributed by atoms with Gasteiger partial charge in [0.05, 0.1) is 6.10 Å². The molecule has 0 radical (unpaired) electrons. The van der Waals surface area contributed by atoms with E-state index in [1.807, 2.05) is 20.8 Å². The third-order valence-corrected chi connectivity index (χ3v) is 1.43. The van der Waals surface area contributed by atoms with Crippen LogP contribution in [0.15, 0.2) is 0 Å². The van der Waals surface area contributed by atoms with E-state index in [4.69, 9.17) is 4.74 Å². The first-order chi connectivity index (χ1) is 5.66. The molecule has 0 spiro atoms. The predicted octanol–water partition coefficient (Wildman–Crippen LogP) is 2.39. The summed E-state index contributed by atoms with van der Waals surface area (Å²) in [7, 11) is 4.16. The molecule has 1 atom stereocenters. The molecule has 0 fully saturated rings. The lowest BCUT2D eigenvalue weighted by molar-refractivity contribution is 0.0651. The molecule has 0 heterocycles. The number of nitrogens with zero attached hydrogens (tertiary/aromatic N) is 1. The fourth-order valence-corrected chi connectivity index (χ4v) is 0.808. The Morgan fingerprint density at radius 2 is 1.75 bits per heavy atom. The molecule has 0 aromatic rings. The van der Waals surface area contributed by atoms with Crippen LogP contribution in [0.4, 0.5) is 0 Å². The fourth-order valence-electron chi connectivity index (χ4n) is 0.808. The SMILES string of the molecule is CC.CCO[C@@H](C)CCN(C)C. The number of hydrogen-bond donors (Lipinski definition) is 0. The van der Waals surface area contributed by atoms with Gasteiger partial charge in [-0.2, -0.15) is 0 Å². The van der Waals surface area contributed by atoms with Crippen molar-refractivity contribution in [3.8, 4) is 0 Å². The molecule has 0 aliphatic heterocycles. The summed E-state index contributed by atoms with van der Waals surface area (Å²) >= 11 is 0. The summed E-state index contributed by atoms with van der Waals surface area (Å²) in [6.07, 6.45) is 1.54. The zero-order chi connectivity index (χ0) is 9.98. The van der Waals surface area contributed by atoms with Crippen LogP contribution < -0.4 is 0 Å². The Labute approximate surface area is 77.9 Å². The number of ether oxygens (including phenoxy) is 1. The van der Waals surface area contributed by atoms with E-state index in [1.165, 1.54) is 0 Å². The van der Waals surface area contributed by atoms with Gasteiger partial charge >= 0.3 is 0 Å². The maximum atomic E-state index is 5.37. The first-order valence-electron chi connectivity index (χ1n) is 4.93. The van der Waals surface area contributed by atoms with Crippen molar-refractivity contribution >= 4 is 0 Å². The lowest BCUT2D eigenvalue weighted by Crippen LogP contribution is -2.19. The summed E-state index contributed by atoms with van der Waals surface area (Å²) in [4.78, 5) is 2.18. The maximum absolute atomic E-state index is 5.37. The van der Waals surface area contributed by atoms with Gasteiger partial charge in [0, 0.05) is 6.61 Å². The van der Waals surface area contributed by atoms with Gasteiger partial charge in [0.25, 0.3) is 0 Å². The van der Waals surface area contributed by atoms with Crippen molar-refractivity contribution in [1.82, 2.24) is 4.90 Å². The van der Waals surface area contributed by atoms with Gasteiger partial charge in [0.2, 0.25) is 0 Å². The van der Waals surface area contributed by atoms with E-state index in [9.17, 15) is 0 Å². The van der Waals surface area contributed by atoms with Gasteiger partial charge in [-0.25, -0.2) is 0 Å². The molecule has 0 amide bonds. The number of hydrogen-bond acceptors (Lipinski definition) is 2. The standard InChI is InChI=1S/C8H19NO.C2H6/c1-5-10-8(2)6-7-9(3)4;1-2/h8H,5-7H2,1-4H3;1-2H3/t8-;/m0./s1. The molecule has 0 rings (SSSR count). The molecule has 0 saturated heterocycles. The zero-order valence-corrected chi connectivity index (χ0v) is 9.55. The highest BCUT2D eigenvalue weighted by Gasteiger charge is 1.99. The maximum Gasteiger partial charge on any atom is 0.0559 e. The Morgan fingerprint density at radius 3 is 2.08 bits per heavy atom. The monoisotopic (exact) mass is 175 g/mol. The van der Waals surface area contributed by atoms with Crippen LogP contribution in [0, 0.1) is 0 Å². The average Bonchev–Trinajstić information content (AvgIpc) is 2.05. The van der Waals surface area contributed by atoms with Crippen molar-refractivity contribution in [1.29, 1.82) is 0 Å². The molecule has 0 aromatic heterocycles. The van der Waals surface area contributed by atoms with Gasteiger partial charge in [-0.3, -0.25) is 0 Å². The molecular weight excluding hydrogens is 150 g/mol. The third kappa shape index (κ3) is 12.6. The molecule has 0 saturated carbocycles. The summed E-state index contributed by atoms with van der Waals surface area (Å²) in [5, 5.41) is 0. The van der Waals surface area contributed by atoms with Gasteiger partial charge in [-0.05, 0) is 40.9 Å². The largest absolute Gasteiger partial charge is 0.379 e. The van der Waals surface area contributed by atoms with E-state index in [0.29, 0.717) is 6.10 Å². The second-order valence-electron chi connectivity index (χ2n) is 2.86. The summed E-state index contributed by atoms with van der Waals surface area (Å²) in [5.41, 5.74) is 0. The van der Waals surface area contributed by atoms with E-state index in [2.05, 4.69) is 25.9 Å². The molecule has 0 unspecified atom stereocenters. The van der Waals surface area contributed by atoms with E-state index >= 15 is 0 Å². The van der Waals surface area contributed by atoms with Crippen molar-refractivity contribution in [3.63, 3.8) is 0 Å². The van der Waals surface area contributed by atoms with E-state index in [-0.39, 0.29) is 0 Å². The second kappa shape index (κ2) is 10.9. The first kappa shape index (κ1) is 14.4. The van der Waals surface area contributed by atoms with Gasteiger partial charge in [0.15, 0.2) is 0 Å². The van der Waals surface area contributed by atoms with Gasteiger partial charge in [-0.1, -0.05) is 13.8 Å². The quantitative estimate of drug-likeness (QED) is 0.636. The van der Waals surface area contributed by atoms with Gasteiger partial charge in [0.1, 0.15) is 0 Å². The minimum atomic E-state index is 0.410. The van der Waals surface area contributed by atoms with Crippen LogP contribution in [0.3, 0.4) is 0 Å². The van der Waals surface area contributed by atoms with Crippen LogP contribution in [0.1, 0.15) is 34.1 Å². The molecule has 0 N–H and O–H groups in total. The fraction of sp³-hybridized carbons (Fsp3) is 1.00. The smallest absolute Gasteiger partial charge is 0.0559 e. The molecule has 2 nitrogen and oxygen atoms in total. The molecule has 0 aliphatic rings. The van der Waals surface area contributed by atoms with Crippen LogP contribution in [0.5, 0.6) is 0 Å². The van der Waals surface area contributed by atoms with Crippen LogP contribution in [-0.2, 0) is 4.74 Å². The minimum absolute atomic E-state index is 0.410. The van der Waals surface area contributed by atoms with Crippen molar-refractivity contribution in [3.05, 3.63) is 0 Å². The molecule has 0 aromatic carbocycles. The molecule has 76 valence electrons. The lowest BCUT2D eigenvalue weighted by atomic mass is 10.3. The minimum Gasteiger partial charge on any atom is -0.379 e. The Hall–Kier alpha value is -0.0800. The predicted molar refractivity (Wildman–Crippen MR) is 55.6 cm³/mol. The van der Waals surface area contributed by atoms with E-state index < -0.39 is 0 Å².